The molecular weight excluding hydrogens is 290 g/mol. The van der Waals surface area contributed by atoms with Crippen LogP contribution in [0.4, 0.5) is 0 Å². The molecule has 1 aromatic rings. The molecular formula is C18H27N3O2. The fourth-order valence-corrected chi connectivity index (χ4v) is 2.95. The van der Waals surface area contributed by atoms with Crippen molar-refractivity contribution in [1.29, 1.82) is 0 Å². The van der Waals surface area contributed by atoms with Crippen LogP contribution in [0.25, 0.3) is 0 Å². The first-order chi connectivity index (χ1) is 10.8. The zero-order valence-corrected chi connectivity index (χ0v) is 14.2. The van der Waals surface area contributed by atoms with Crippen LogP contribution in [0.3, 0.4) is 0 Å². The van der Waals surface area contributed by atoms with E-state index in [1.54, 1.807) is 0 Å². The quantitative estimate of drug-likeness (QED) is 0.859. The van der Waals surface area contributed by atoms with Crippen LogP contribution in [0.15, 0.2) is 30.3 Å². The minimum absolute atomic E-state index is 0.0180. The summed E-state index contributed by atoms with van der Waals surface area (Å²) in [6.07, 6.45) is 0.933. The zero-order valence-electron chi connectivity index (χ0n) is 14.2. The molecule has 0 bridgehead atoms. The number of nitrogens with one attached hydrogen (secondary N) is 1. The molecule has 0 radical (unpaired) electrons. The van der Waals surface area contributed by atoms with Gasteiger partial charge in [0.2, 0.25) is 11.8 Å². The van der Waals surface area contributed by atoms with E-state index in [4.69, 9.17) is 5.73 Å². The van der Waals surface area contributed by atoms with E-state index >= 15 is 0 Å². The second-order valence-electron chi connectivity index (χ2n) is 6.98. The predicted octanol–water partition coefficient (Wildman–Crippen LogP) is 1.28. The molecule has 1 saturated heterocycles. The van der Waals surface area contributed by atoms with Crippen LogP contribution in [-0.2, 0) is 15.0 Å². The molecule has 0 aliphatic carbocycles. The van der Waals surface area contributed by atoms with E-state index in [1.807, 2.05) is 36.9 Å². The molecule has 0 aromatic heterocycles. The summed E-state index contributed by atoms with van der Waals surface area (Å²) in [4.78, 5) is 26.0. The van der Waals surface area contributed by atoms with Gasteiger partial charge in [-0.3, -0.25) is 9.59 Å². The Bertz CT molecular complexity index is 559. The molecule has 1 heterocycles. The van der Waals surface area contributed by atoms with Gasteiger partial charge in [-0.2, -0.15) is 0 Å². The maximum atomic E-state index is 12.3. The highest BCUT2D eigenvalue weighted by atomic mass is 16.2. The van der Waals surface area contributed by atoms with Gasteiger partial charge < -0.3 is 16.0 Å². The monoisotopic (exact) mass is 317 g/mol. The summed E-state index contributed by atoms with van der Waals surface area (Å²) in [5.74, 6) is -0.259. The molecule has 1 unspecified atom stereocenters. The predicted molar refractivity (Wildman–Crippen MR) is 90.8 cm³/mol. The average Bonchev–Trinajstić information content (AvgIpc) is 2.96. The topological polar surface area (TPSA) is 75.4 Å². The first-order valence-corrected chi connectivity index (χ1v) is 8.20. The van der Waals surface area contributed by atoms with Crippen molar-refractivity contribution in [1.82, 2.24) is 10.2 Å². The fourth-order valence-electron chi connectivity index (χ4n) is 2.95. The maximum absolute atomic E-state index is 12.3. The molecule has 3 N–H and O–H groups in total. The Morgan fingerprint density at radius 3 is 2.57 bits per heavy atom. The van der Waals surface area contributed by atoms with Gasteiger partial charge in [0.25, 0.3) is 0 Å². The molecule has 1 aromatic carbocycles. The molecule has 1 fully saturated rings. The first-order valence-electron chi connectivity index (χ1n) is 8.20. The number of hydrogen-bond acceptors (Lipinski definition) is 3. The van der Waals surface area contributed by atoms with Crippen molar-refractivity contribution in [2.45, 2.75) is 38.6 Å². The third-order valence-corrected chi connectivity index (χ3v) is 4.73. The Kier molecular flexibility index (Phi) is 5.42. The van der Waals surface area contributed by atoms with E-state index in [0.29, 0.717) is 6.54 Å². The van der Waals surface area contributed by atoms with E-state index < -0.39 is 6.04 Å². The number of rotatable bonds is 5. The molecule has 1 aliphatic heterocycles. The van der Waals surface area contributed by atoms with Crippen LogP contribution in [-0.4, -0.2) is 42.4 Å². The van der Waals surface area contributed by atoms with Gasteiger partial charge in [-0.25, -0.2) is 0 Å². The molecule has 2 rings (SSSR count). The smallest absolute Gasteiger partial charge is 0.241 e. The molecule has 23 heavy (non-hydrogen) atoms. The molecule has 126 valence electrons. The molecule has 1 aliphatic rings. The minimum Gasteiger partial charge on any atom is -0.346 e. The minimum atomic E-state index is -0.573. The van der Waals surface area contributed by atoms with E-state index in [9.17, 15) is 9.59 Å². The Balaban J connectivity index is 1.89. The Morgan fingerprint density at radius 1 is 1.30 bits per heavy atom. The van der Waals surface area contributed by atoms with Crippen molar-refractivity contribution < 1.29 is 9.59 Å². The SMILES string of the molecule is CC(C)[C@H](N)C(=O)NCC(=O)N1CCC(C)(c2ccccc2)C1. The van der Waals surface area contributed by atoms with Crippen molar-refractivity contribution in [2.24, 2.45) is 11.7 Å². The highest BCUT2D eigenvalue weighted by Crippen LogP contribution is 2.33. The number of benzene rings is 1. The third kappa shape index (κ3) is 4.10. The van der Waals surface area contributed by atoms with Crippen molar-refractivity contribution in [2.75, 3.05) is 19.6 Å². The van der Waals surface area contributed by atoms with Gasteiger partial charge in [0.15, 0.2) is 0 Å². The van der Waals surface area contributed by atoms with Gasteiger partial charge >= 0.3 is 0 Å². The van der Waals surface area contributed by atoms with Crippen molar-refractivity contribution in [3.63, 3.8) is 0 Å². The molecule has 2 atom stereocenters. The fraction of sp³-hybridized carbons (Fsp3) is 0.556. The first kappa shape index (κ1) is 17.5. The van der Waals surface area contributed by atoms with Crippen molar-refractivity contribution in [3.05, 3.63) is 35.9 Å². The van der Waals surface area contributed by atoms with Gasteiger partial charge in [0, 0.05) is 18.5 Å². The summed E-state index contributed by atoms with van der Waals surface area (Å²) >= 11 is 0. The summed E-state index contributed by atoms with van der Waals surface area (Å²) < 4.78 is 0. The lowest BCUT2D eigenvalue weighted by Crippen LogP contribution is -2.47. The number of carbonyl (C=O) groups is 2. The van der Waals surface area contributed by atoms with Crippen LogP contribution in [0, 0.1) is 5.92 Å². The van der Waals surface area contributed by atoms with Crippen molar-refractivity contribution in [3.8, 4) is 0 Å². The molecule has 2 amide bonds. The van der Waals surface area contributed by atoms with Crippen LogP contribution in [0.1, 0.15) is 32.8 Å². The van der Waals surface area contributed by atoms with Gasteiger partial charge in [0.1, 0.15) is 0 Å². The summed E-state index contributed by atoms with van der Waals surface area (Å²) in [5.41, 5.74) is 7.01. The summed E-state index contributed by atoms with van der Waals surface area (Å²) in [6.45, 7) is 7.38. The largest absolute Gasteiger partial charge is 0.346 e. The maximum Gasteiger partial charge on any atom is 0.241 e. The molecule has 5 nitrogen and oxygen atoms in total. The Morgan fingerprint density at radius 2 is 1.96 bits per heavy atom. The second-order valence-corrected chi connectivity index (χ2v) is 6.98. The van der Waals surface area contributed by atoms with E-state index in [-0.39, 0.29) is 29.7 Å². The zero-order chi connectivity index (χ0) is 17.0. The number of amides is 2. The Hall–Kier alpha value is -1.88. The number of carbonyl (C=O) groups excluding carboxylic acids is 2. The highest BCUT2D eigenvalue weighted by Gasteiger charge is 2.37. The van der Waals surface area contributed by atoms with Crippen molar-refractivity contribution >= 4 is 11.8 Å². The van der Waals surface area contributed by atoms with Crippen LogP contribution >= 0.6 is 0 Å². The lowest BCUT2D eigenvalue weighted by Gasteiger charge is -2.25. The number of nitrogens with zero attached hydrogens (tertiary/aromatic N) is 1. The van der Waals surface area contributed by atoms with Gasteiger partial charge in [0.05, 0.1) is 12.6 Å². The van der Waals surface area contributed by atoms with Gasteiger partial charge in [-0.05, 0) is 17.9 Å². The van der Waals surface area contributed by atoms with Crippen LogP contribution < -0.4 is 11.1 Å². The summed E-state index contributed by atoms with van der Waals surface area (Å²) in [7, 11) is 0. The summed E-state index contributed by atoms with van der Waals surface area (Å²) in [6, 6.07) is 9.69. The normalized spacial score (nSPS) is 22.2. The van der Waals surface area contributed by atoms with Crippen LogP contribution in [0.2, 0.25) is 0 Å². The van der Waals surface area contributed by atoms with Gasteiger partial charge in [-0.15, -0.1) is 0 Å². The number of nitrogens with two attached hydrogens (primary N) is 1. The van der Waals surface area contributed by atoms with Gasteiger partial charge in [-0.1, -0.05) is 51.1 Å². The standard InChI is InChI=1S/C18H27N3O2/c1-13(2)16(19)17(23)20-11-15(22)21-10-9-18(3,12-21)14-7-5-4-6-8-14/h4-8,13,16H,9-12,19H2,1-3H3,(H,20,23)/t16-,18?/m0/s1. The molecule has 0 spiro atoms. The average molecular weight is 317 g/mol. The summed E-state index contributed by atoms with van der Waals surface area (Å²) in [5, 5.41) is 2.65. The second kappa shape index (κ2) is 7.13. The van der Waals surface area contributed by atoms with Crippen LogP contribution in [0.5, 0.6) is 0 Å². The number of hydrogen-bond donors (Lipinski definition) is 2. The van der Waals surface area contributed by atoms with E-state index in [1.165, 1.54) is 5.56 Å². The highest BCUT2D eigenvalue weighted by molar-refractivity contribution is 5.87. The molecule has 5 heteroatoms. The third-order valence-electron chi connectivity index (χ3n) is 4.73. The lowest BCUT2D eigenvalue weighted by molar-refractivity contribution is -0.132. The van der Waals surface area contributed by atoms with E-state index in [2.05, 4.69) is 24.4 Å². The Labute approximate surface area is 138 Å². The lowest BCUT2D eigenvalue weighted by atomic mass is 9.82. The number of likely N-dealkylation sites (tertiary alicyclic amines) is 1. The molecule has 0 saturated carbocycles. The van der Waals surface area contributed by atoms with E-state index in [0.717, 1.165) is 13.0 Å².